The summed E-state index contributed by atoms with van der Waals surface area (Å²) < 4.78 is 18.4. The number of nitrogens with two attached hydrogens (primary N) is 1. The number of carbonyl (C=O) groups excluding carboxylic acids is 1. The molecule has 7 heteroatoms. The summed E-state index contributed by atoms with van der Waals surface area (Å²) in [5.74, 6) is -0.945. The molecule has 1 aliphatic heterocycles. The first-order valence-corrected chi connectivity index (χ1v) is 7.43. The van der Waals surface area contributed by atoms with E-state index in [0.29, 0.717) is 45.0 Å². The topological polar surface area (TPSA) is 88.6 Å². The van der Waals surface area contributed by atoms with Crippen LogP contribution in [0.4, 0.5) is 0 Å². The number of aryl methyl sites for hydroxylation is 1. The van der Waals surface area contributed by atoms with Crippen LogP contribution in [-0.4, -0.2) is 47.9 Å². The molecule has 0 bridgehead atoms. The standard InChI is InChI=1S/C14H21N3O4/c1-2-19-13(18)12-10-9-14(20-7-8-21-14)4-3-11(10)16-17(12)6-5-15/h2-9,15H2,1H3. The maximum absolute atomic E-state index is 12.3. The van der Waals surface area contributed by atoms with Crippen LogP contribution in [0.3, 0.4) is 0 Å². The minimum atomic E-state index is -0.592. The van der Waals surface area contributed by atoms with Gasteiger partial charge in [-0.1, -0.05) is 0 Å². The Bertz CT molecular complexity index is 535. The lowest BCUT2D eigenvalue weighted by Gasteiger charge is -2.30. The van der Waals surface area contributed by atoms with Crippen LogP contribution in [0, 0.1) is 0 Å². The van der Waals surface area contributed by atoms with Gasteiger partial charge in [-0.05, 0) is 13.3 Å². The molecule has 1 spiro atoms. The third kappa shape index (κ3) is 2.56. The molecule has 2 N–H and O–H groups in total. The minimum absolute atomic E-state index is 0.333. The van der Waals surface area contributed by atoms with Gasteiger partial charge in [0.25, 0.3) is 0 Å². The largest absolute Gasteiger partial charge is 0.461 e. The first-order valence-electron chi connectivity index (χ1n) is 7.43. The molecular formula is C14H21N3O4. The van der Waals surface area contributed by atoms with E-state index in [-0.39, 0.29) is 5.97 Å². The number of carbonyl (C=O) groups is 1. The maximum Gasteiger partial charge on any atom is 0.356 e. The van der Waals surface area contributed by atoms with Crippen LogP contribution in [0.25, 0.3) is 0 Å². The molecule has 116 valence electrons. The van der Waals surface area contributed by atoms with Gasteiger partial charge in [0.05, 0.1) is 32.1 Å². The molecule has 21 heavy (non-hydrogen) atoms. The molecule has 2 aliphatic rings. The zero-order valence-electron chi connectivity index (χ0n) is 12.3. The van der Waals surface area contributed by atoms with E-state index in [0.717, 1.165) is 24.1 Å². The molecule has 3 rings (SSSR count). The smallest absolute Gasteiger partial charge is 0.356 e. The summed E-state index contributed by atoms with van der Waals surface area (Å²) in [6.07, 6.45) is 2.04. The third-order valence-electron chi connectivity index (χ3n) is 3.95. The summed E-state index contributed by atoms with van der Waals surface area (Å²) in [4.78, 5) is 12.3. The lowest BCUT2D eigenvalue weighted by Crippen LogP contribution is -2.37. The van der Waals surface area contributed by atoms with E-state index in [2.05, 4.69) is 5.10 Å². The Labute approximate surface area is 123 Å². The van der Waals surface area contributed by atoms with Gasteiger partial charge in [-0.25, -0.2) is 4.79 Å². The number of hydrogen-bond acceptors (Lipinski definition) is 6. The van der Waals surface area contributed by atoms with Gasteiger partial charge < -0.3 is 19.9 Å². The van der Waals surface area contributed by atoms with E-state index in [1.165, 1.54) is 0 Å². The highest BCUT2D eigenvalue weighted by molar-refractivity contribution is 5.89. The van der Waals surface area contributed by atoms with Gasteiger partial charge in [0.1, 0.15) is 5.69 Å². The van der Waals surface area contributed by atoms with Gasteiger partial charge in [-0.2, -0.15) is 5.10 Å². The van der Waals surface area contributed by atoms with Crippen LogP contribution in [-0.2, 0) is 33.6 Å². The molecule has 0 saturated carbocycles. The van der Waals surface area contributed by atoms with E-state index in [1.54, 1.807) is 11.6 Å². The summed E-state index contributed by atoms with van der Waals surface area (Å²) in [6, 6.07) is 0. The Morgan fingerprint density at radius 1 is 1.48 bits per heavy atom. The van der Waals surface area contributed by atoms with Crippen molar-refractivity contribution in [2.24, 2.45) is 5.73 Å². The van der Waals surface area contributed by atoms with Crippen LogP contribution in [0.15, 0.2) is 0 Å². The van der Waals surface area contributed by atoms with Crippen molar-refractivity contribution in [3.8, 4) is 0 Å². The molecule has 1 saturated heterocycles. The van der Waals surface area contributed by atoms with Crippen molar-refractivity contribution in [2.75, 3.05) is 26.4 Å². The predicted octanol–water partition coefficient (Wildman–Crippen LogP) is 0.250. The molecular weight excluding hydrogens is 274 g/mol. The fourth-order valence-corrected chi connectivity index (χ4v) is 3.06. The lowest BCUT2D eigenvalue weighted by molar-refractivity contribution is -0.163. The van der Waals surface area contributed by atoms with E-state index in [9.17, 15) is 4.79 Å². The predicted molar refractivity (Wildman–Crippen MR) is 73.9 cm³/mol. The van der Waals surface area contributed by atoms with Crippen LogP contribution >= 0.6 is 0 Å². The fraction of sp³-hybridized carbons (Fsp3) is 0.714. The Morgan fingerprint density at radius 2 is 2.24 bits per heavy atom. The van der Waals surface area contributed by atoms with Gasteiger partial charge in [-0.3, -0.25) is 4.68 Å². The lowest BCUT2D eigenvalue weighted by atomic mass is 9.90. The van der Waals surface area contributed by atoms with Crippen LogP contribution < -0.4 is 5.73 Å². The van der Waals surface area contributed by atoms with E-state index < -0.39 is 5.79 Å². The molecule has 1 aliphatic carbocycles. The van der Waals surface area contributed by atoms with Crippen molar-refractivity contribution in [2.45, 2.75) is 38.5 Å². The average molecular weight is 295 g/mol. The summed E-state index contributed by atoms with van der Waals surface area (Å²) in [6.45, 7) is 4.24. The SMILES string of the molecule is CCOC(=O)c1c2c(nn1CCN)CCC1(C2)OCCO1. The van der Waals surface area contributed by atoms with Gasteiger partial charge in [0.2, 0.25) is 0 Å². The van der Waals surface area contributed by atoms with E-state index in [1.807, 2.05) is 0 Å². The second-order valence-electron chi connectivity index (χ2n) is 5.29. The van der Waals surface area contributed by atoms with Gasteiger partial charge in [-0.15, -0.1) is 0 Å². The number of nitrogens with zero attached hydrogens (tertiary/aromatic N) is 2. The van der Waals surface area contributed by atoms with Crippen molar-refractivity contribution in [3.63, 3.8) is 0 Å². The Balaban J connectivity index is 1.97. The number of fused-ring (bicyclic) bond motifs is 1. The van der Waals surface area contributed by atoms with E-state index >= 15 is 0 Å². The molecule has 1 aromatic heterocycles. The zero-order chi connectivity index (χ0) is 14.9. The molecule has 1 fully saturated rings. The van der Waals surface area contributed by atoms with Crippen molar-refractivity contribution >= 4 is 5.97 Å². The quantitative estimate of drug-likeness (QED) is 0.801. The molecule has 7 nitrogen and oxygen atoms in total. The van der Waals surface area contributed by atoms with E-state index in [4.69, 9.17) is 19.9 Å². The van der Waals surface area contributed by atoms with Gasteiger partial charge in [0.15, 0.2) is 5.79 Å². The summed E-state index contributed by atoms with van der Waals surface area (Å²) in [5.41, 5.74) is 7.92. The molecule has 0 unspecified atom stereocenters. The van der Waals surface area contributed by atoms with Crippen LogP contribution in [0.1, 0.15) is 35.1 Å². The van der Waals surface area contributed by atoms with Crippen molar-refractivity contribution in [1.29, 1.82) is 0 Å². The first kappa shape index (κ1) is 14.5. The molecule has 0 atom stereocenters. The molecule has 2 heterocycles. The summed E-state index contributed by atoms with van der Waals surface area (Å²) >= 11 is 0. The Morgan fingerprint density at radius 3 is 2.90 bits per heavy atom. The highest BCUT2D eigenvalue weighted by atomic mass is 16.7. The molecule has 0 radical (unpaired) electrons. The maximum atomic E-state index is 12.3. The van der Waals surface area contributed by atoms with Crippen molar-refractivity contribution in [1.82, 2.24) is 9.78 Å². The molecule has 0 amide bonds. The Kier molecular flexibility index (Phi) is 3.97. The van der Waals surface area contributed by atoms with Crippen molar-refractivity contribution in [3.05, 3.63) is 17.0 Å². The van der Waals surface area contributed by atoms with Crippen molar-refractivity contribution < 1.29 is 19.0 Å². The third-order valence-corrected chi connectivity index (χ3v) is 3.95. The van der Waals surface area contributed by atoms with Crippen LogP contribution in [0.5, 0.6) is 0 Å². The average Bonchev–Trinajstić information content (AvgIpc) is 3.04. The minimum Gasteiger partial charge on any atom is -0.461 e. The number of ether oxygens (including phenoxy) is 3. The monoisotopic (exact) mass is 295 g/mol. The van der Waals surface area contributed by atoms with Crippen LogP contribution in [0.2, 0.25) is 0 Å². The van der Waals surface area contributed by atoms with Gasteiger partial charge >= 0.3 is 5.97 Å². The highest BCUT2D eigenvalue weighted by Crippen LogP contribution is 2.36. The summed E-state index contributed by atoms with van der Waals surface area (Å²) in [5, 5.41) is 4.52. The highest BCUT2D eigenvalue weighted by Gasteiger charge is 2.43. The fourth-order valence-electron chi connectivity index (χ4n) is 3.06. The first-order chi connectivity index (χ1) is 10.2. The zero-order valence-corrected chi connectivity index (χ0v) is 12.3. The summed E-state index contributed by atoms with van der Waals surface area (Å²) in [7, 11) is 0. The number of aromatic nitrogens is 2. The second-order valence-corrected chi connectivity index (χ2v) is 5.29. The molecule has 1 aromatic rings. The molecule has 0 aromatic carbocycles. The number of esters is 1. The second kappa shape index (κ2) is 5.75. The Hall–Kier alpha value is -1.44. The number of rotatable bonds is 4. The normalized spacial score (nSPS) is 19.7. The number of hydrogen-bond donors (Lipinski definition) is 1. The van der Waals surface area contributed by atoms with Gasteiger partial charge in [0, 0.05) is 24.9 Å².